The molecular weight excluding hydrogens is 537 g/mol. The van der Waals surface area contributed by atoms with Crippen LogP contribution >= 0.6 is 11.3 Å². The average molecular weight is 561 g/mol. The molecule has 1 heteroatoms. The van der Waals surface area contributed by atoms with Crippen molar-refractivity contribution >= 4 is 64.5 Å². The number of thiophene rings is 1. The largest absolute Gasteiger partial charge is 0.135 e. The lowest BCUT2D eigenvalue weighted by Crippen LogP contribution is -1.86. The van der Waals surface area contributed by atoms with Gasteiger partial charge in [0.05, 0.1) is 0 Å². The van der Waals surface area contributed by atoms with Crippen molar-refractivity contribution in [2.45, 2.75) is 0 Å². The quantitative estimate of drug-likeness (QED) is 0.184. The summed E-state index contributed by atoms with van der Waals surface area (Å²) in [7, 11) is 0. The Morgan fingerprint density at radius 1 is 0.349 bits per heavy atom. The predicted octanol–water partition coefficient (Wildman–Crippen LogP) is 12.5. The van der Waals surface area contributed by atoms with Crippen molar-refractivity contribution in [1.29, 1.82) is 0 Å². The van der Waals surface area contributed by atoms with E-state index in [1.54, 1.807) is 0 Å². The van der Waals surface area contributed by atoms with E-state index in [1.165, 1.54) is 97.0 Å². The fourth-order valence-electron chi connectivity index (χ4n) is 7.44. The number of hydrogen-bond donors (Lipinski definition) is 0. The molecule has 0 aliphatic heterocycles. The normalized spacial score (nSPS) is 12.2. The van der Waals surface area contributed by atoms with E-state index in [0.29, 0.717) is 0 Å². The molecular formula is C42H24S. The van der Waals surface area contributed by atoms with Crippen molar-refractivity contribution in [2.24, 2.45) is 0 Å². The molecule has 0 nitrogen and oxygen atoms in total. The van der Waals surface area contributed by atoms with E-state index in [0.717, 1.165) is 0 Å². The van der Waals surface area contributed by atoms with Crippen LogP contribution in [0.25, 0.3) is 97.0 Å². The summed E-state index contributed by atoms with van der Waals surface area (Å²) in [5, 5.41) is 11.9. The first-order valence-electron chi connectivity index (χ1n) is 14.8. The maximum absolute atomic E-state index is 2.41. The van der Waals surface area contributed by atoms with Crippen molar-refractivity contribution in [3.05, 3.63) is 146 Å². The van der Waals surface area contributed by atoms with E-state index in [9.17, 15) is 0 Å². The molecule has 8 aromatic carbocycles. The number of benzene rings is 8. The molecule has 10 rings (SSSR count). The Morgan fingerprint density at radius 3 is 1.58 bits per heavy atom. The van der Waals surface area contributed by atoms with Gasteiger partial charge >= 0.3 is 0 Å². The summed E-state index contributed by atoms with van der Waals surface area (Å²) < 4.78 is 1.35. The minimum absolute atomic E-state index is 1.24. The zero-order valence-electron chi connectivity index (χ0n) is 23.3. The topological polar surface area (TPSA) is 0 Å². The highest BCUT2D eigenvalue weighted by Gasteiger charge is 2.25. The molecule has 0 unspecified atom stereocenters. The number of hydrogen-bond acceptors (Lipinski definition) is 1. The van der Waals surface area contributed by atoms with Crippen LogP contribution in [0.4, 0.5) is 0 Å². The van der Waals surface area contributed by atoms with Gasteiger partial charge in [0, 0.05) is 26.1 Å². The highest BCUT2D eigenvalue weighted by Crippen LogP contribution is 2.54. The first kappa shape index (κ1) is 23.3. The smallest absolute Gasteiger partial charge is 0.0440 e. The van der Waals surface area contributed by atoms with Crippen LogP contribution in [0.1, 0.15) is 0 Å². The SMILES string of the molecule is c1cc(-c2ccc3sc4c(c3c2)-c2cccc3cccc-4c23)cc(-c2ccc3c4ccccc4c4ccccc4c3c2)c1. The molecule has 0 bridgehead atoms. The molecule has 0 spiro atoms. The highest BCUT2D eigenvalue weighted by molar-refractivity contribution is 7.23. The summed E-state index contributed by atoms with van der Waals surface area (Å²) in [6.07, 6.45) is 0. The summed E-state index contributed by atoms with van der Waals surface area (Å²) in [6, 6.07) is 54.1. The molecule has 0 saturated carbocycles. The lowest BCUT2D eigenvalue weighted by Gasteiger charge is -2.12. The molecule has 1 aromatic heterocycles. The minimum Gasteiger partial charge on any atom is -0.135 e. The Kier molecular flexibility index (Phi) is 4.69. The Bertz CT molecular complexity index is 2580. The second-order valence-corrected chi connectivity index (χ2v) is 12.7. The van der Waals surface area contributed by atoms with Crippen LogP contribution in [0.2, 0.25) is 0 Å². The fourth-order valence-corrected chi connectivity index (χ4v) is 8.67. The van der Waals surface area contributed by atoms with Crippen LogP contribution in [0.5, 0.6) is 0 Å². The summed E-state index contributed by atoms with van der Waals surface area (Å²) in [5.41, 5.74) is 9.14. The Balaban J connectivity index is 1.13. The molecule has 0 N–H and O–H groups in total. The van der Waals surface area contributed by atoms with Crippen molar-refractivity contribution < 1.29 is 0 Å². The van der Waals surface area contributed by atoms with Crippen LogP contribution in [0.15, 0.2) is 146 Å². The van der Waals surface area contributed by atoms with Crippen LogP contribution in [0.3, 0.4) is 0 Å². The monoisotopic (exact) mass is 560 g/mol. The van der Waals surface area contributed by atoms with Crippen molar-refractivity contribution in [2.75, 3.05) is 0 Å². The van der Waals surface area contributed by atoms with Crippen molar-refractivity contribution in [1.82, 2.24) is 0 Å². The molecule has 1 heterocycles. The van der Waals surface area contributed by atoms with Gasteiger partial charge in [0.25, 0.3) is 0 Å². The molecule has 1 aliphatic carbocycles. The van der Waals surface area contributed by atoms with Crippen molar-refractivity contribution in [3.8, 4) is 43.8 Å². The Morgan fingerprint density at radius 2 is 0.884 bits per heavy atom. The summed E-state index contributed by atoms with van der Waals surface area (Å²) in [4.78, 5) is 1.41. The van der Waals surface area contributed by atoms with Gasteiger partial charge in [-0.2, -0.15) is 0 Å². The van der Waals surface area contributed by atoms with Crippen LogP contribution in [-0.2, 0) is 0 Å². The van der Waals surface area contributed by atoms with Crippen LogP contribution in [-0.4, -0.2) is 0 Å². The second-order valence-electron chi connectivity index (χ2n) is 11.7. The van der Waals surface area contributed by atoms with E-state index < -0.39 is 0 Å². The Hall–Kier alpha value is -5.24. The Labute approximate surface area is 253 Å². The third-order valence-corrected chi connectivity index (χ3v) is 10.6. The van der Waals surface area contributed by atoms with Gasteiger partial charge in [-0.25, -0.2) is 0 Å². The van der Waals surface area contributed by atoms with E-state index in [4.69, 9.17) is 0 Å². The first-order valence-corrected chi connectivity index (χ1v) is 15.7. The maximum atomic E-state index is 2.41. The van der Waals surface area contributed by atoms with E-state index >= 15 is 0 Å². The van der Waals surface area contributed by atoms with Gasteiger partial charge in [-0.3, -0.25) is 0 Å². The first-order chi connectivity index (χ1) is 21.3. The van der Waals surface area contributed by atoms with Gasteiger partial charge in [0.15, 0.2) is 0 Å². The standard InChI is InChI=1S/C42H24S/c1-2-14-32-30(12-1)31-13-3-4-15-33(31)37-23-28(18-20-34(32)37)26-10-5-11-27(22-26)29-19-21-39-38(24-29)41-35-16-6-8-25-9-7-17-36(40(25)35)42(41)43-39/h1-24H. The molecule has 0 amide bonds. The lowest BCUT2D eigenvalue weighted by atomic mass is 9.91. The zero-order valence-corrected chi connectivity index (χ0v) is 24.1. The summed E-state index contributed by atoms with van der Waals surface area (Å²) >= 11 is 1.92. The van der Waals surface area contributed by atoms with E-state index in [2.05, 4.69) is 146 Å². The van der Waals surface area contributed by atoms with Gasteiger partial charge in [0.1, 0.15) is 0 Å². The maximum Gasteiger partial charge on any atom is 0.0440 e. The van der Waals surface area contributed by atoms with E-state index in [-0.39, 0.29) is 0 Å². The molecule has 0 fully saturated rings. The summed E-state index contributed by atoms with van der Waals surface area (Å²) in [5.74, 6) is 0. The van der Waals surface area contributed by atoms with Gasteiger partial charge in [0.2, 0.25) is 0 Å². The molecule has 1 aliphatic rings. The average Bonchev–Trinajstić information content (AvgIpc) is 3.61. The van der Waals surface area contributed by atoms with Crippen molar-refractivity contribution in [3.63, 3.8) is 0 Å². The molecule has 9 aromatic rings. The fraction of sp³-hybridized carbons (Fsp3) is 0. The lowest BCUT2D eigenvalue weighted by molar-refractivity contribution is 1.62. The minimum atomic E-state index is 1.24. The molecule has 0 radical (unpaired) electrons. The zero-order chi connectivity index (χ0) is 28.1. The molecule has 0 saturated heterocycles. The second kappa shape index (κ2) is 8.64. The third kappa shape index (κ3) is 3.26. The van der Waals surface area contributed by atoms with Gasteiger partial charge in [-0.15, -0.1) is 11.3 Å². The van der Waals surface area contributed by atoms with Crippen LogP contribution < -0.4 is 0 Å². The van der Waals surface area contributed by atoms with Gasteiger partial charge < -0.3 is 0 Å². The van der Waals surface area contributed by atoms with Crippen LogP contribution in [0, 0.1) is 0 Å². The van der Waals surface area contributed by atoms with Gasteiger partial charge in [-0.1, -0.05) is 121 Å². The summed E-state index contributed by atoms with van der Waals surface area (Å²) in [6.45, 7) is 0. The number of fused-ring (bicyclic) bond motifs is 11. The molecule has 0 atom stereocenters. The molecule has 43 heavy (non-hydrogen) atoms. The van der Waals surface area contributed by atoms with E-state index in [1.807, 2.05) is 11.3 Å². The predicted molar refractivity (Wildman–Crippen MR) is 187 cm³/mol. The number of rotatable bonds is 2. The highest BCUT2D eigenvalue weighted by atomic mass is 32.1. The molecule has 198 valence electrons. The third-order valence-electron chi connectivity index (χ3n) is 9.38. The van der Waals surface area contributed by atoms with Gasteiger partial charge in [-0.05, 0) is 95.2 Å².